The number of halogens is 1. The van der Waals surface area contributed by atoms with Crippen molar-refractivity contribution in [3.05, 3.63) is 324 Å². The van der Waals surface area contributed by atoms with Crippen molar-refractivity contribution in [3.63, 3.8) is 0 Å². The molecule has 10 aromatic carbocycles. The average molecular weight is 1550 g/mol. The van der Waals surface area contributed by atoms with Gasteiger partial charge in [0.05, 0.1) is 5.39 Å². The van der Waals surface area contributed by atoms with E-state index >= 15 is 0 Å². The second-order valence-corrected chi connectivity index (χ2v) is 35.6. The molecule has 0 fully saturated rings. The quantitative estimate of drug-likeness (QED) is 0.115. The predicted molar refractivity (Wildman–Crippen MR) is 499 cm³/mol. The fourth-order valence-corrected chi connectivity index (χ4v) is 17.2. The lowest BCUT2D eigenvalue weighted by Crippen LogP contribution is -2.32. The van der Waals surface area contributed by atoms with Crippen LogP contribution >= 0.6 is 0 Å². The first kappa shape index (κ1) is 87.0. The number of benzene rings is 10. The molecule has 15 aromatic rings. The third-order valence-electron chi connectivity index (χ3n) is 24.8. The molecule has 117 heavy (non-hydrogen) atoms. The summed E-state index contributed by atoms with van der Waals surface area (Å²) in [6.07, 6.45) is 0. The smallest absolute Gasteiger partial charge is 0.207 e. The van der Waals surface area contributed by atoms with Crippen LogP contribution in [0.4, 0.5) is 4.39 Å². The van der Waals surface area contributed by atoms with Crippen molar-refractivity contribution in [3.8, 4) is 56.3 Å². The minimum atomic E-state index is -0.119. The summed E-state index contributed by atoms with van der Waals surface area (Å²) in [5.74, 6) is 2.72. The van der Waals surface area contributed by atoms with Crippen molar-refractivity contribution in [2.45, 2.75) is 209 Å². The zero-order chi connectivity index (χ0) is 85.2. The molecule has 0 unspecified atom stereocenters. The van der Waals surface area contributed by atoms with Crippen molar-refractivity contribution in [1.82, 2.24) is 0 Å². The van der Waals surface area contributed by atoms with E-state index in [1.54, 1.807) is 6.07 Å². The maximum atomic E-state index is 14.2. The lowest BCUT2D eigenvalue weighted by atomic mass is 9.91. The van der Waals surface area contributed by atoms with E-state index in [1.807, 2.05) is 19.9 Å². The van der Waals surface area contributed by atoms with E-state index in [2.05, 4.69) is 418 Å². The molecule has 0 bridgehead atoms. The third kappa shape index (κ3) is 18.6. The fraction of sp³-hybridized carbons (Fsp3) is 0.324. The van der Waals surface area contributed by atoms with Gasteiger partial charge < -0.3 is 0 Å². The SMILES string of the molecule is Cc1cc(C)c(C)c(-c2ccc3c(C(C)C)cc(C(C)C)cc3[n+]2C)c1.Cc1cc(C)c(C)c(-c2ccc3c(C(C)C)cccc3[n+]2C)c1.Cc1cc(C)c(C)c(-c2ccc3ccc(C(C)C)cc3[n+]2C)c1.Cc1ccc(C)c(-c2ccc3c(C(C)C)c(F)ccc3[n+]2C)c1.Cc1ccc(C)c(-c2ccc3ccc(C(C)C)cc3[n+]2C)c1. The molecule has 0 radical (unpaired) electrons. The van der Waals surface area contributed by atoms with E-state index in [1.165, 1.54) is 194 Å². The van der Waals surface area contributed by atoms with Gasteiger partial charge in [-0.25, -0.2) is 4.39 Å². The van der Waals surface area contributed by atoms with E-state index < -0.39 is 0 Å². The van der Waals surface area contributed by atoms with Crippen LogP contribution < -0.4 is 22.8 Å². The Bertz CT molecular complexity index is 6190. The Balaban J connectivity index is 0.000000144. The van der Waals surface area contributed by atoms with Gasteiger partial charge in [0.2, 0.25) is 56.1 Å². The van der Waals surface area contributed by atoms with Gasteiger partial charge in [-0.3, -0.25) is 0 Å². The first-order valence-corrected chi connectivity index (χ1v) is 42.6. The molecule has 0 atom stereocenters. The standard InChI is InChI=1S/C25H32N.2C22H26N.C21H23FN.C21H24N/c1-15(2)20-13-22(16(3)4)21-9-10-24(26(8)25(21)14-20)23-12-17(5)11-18(6)19(23)7;1-14(2)19-8-7-18-9-10-21(23(6)22(18)13-19)20-12-15(3)11-16(4)17(20)5;1-14(2)18-8-7-9-21-19(18)10-11-22(23(21)6)20-13-15(3)12-16(4)17(20)5;1-13(2)21-16-8-10-20(17-12-14(3)6-7-15(17)4)23(5)19(16)11-9-18(21)22;1-14(2)18-9-8-17-10-11-20(22(5)21(17)13-18)19-12-15(3)6-7-16(19)4/h9-16H,1-8H3;2*7-14H,1-6H3;6-13H,1-5H3;6-14H,1-5H3/q5*+1. The number of rotatable bonds is 11. The van der Waals surface area contributed by atoms with Crippen molar-refractivity contribution in [2.75, 3.05) is 0 Å². The number of pyridine rings is 5. The average Bonchev–Trinajstić information content (AvgIpc) is 0.765. The molecule has 0 aliphatic heterocycles. The van der Waals surface area contributed by atoms with Gasteiger partial charge in [-0.05, 0) is 277 Å². The Morgan fingerprint density at radius 1 is 0.231 bits per heavy atom. The Kier molecular flexibility index (Phi) is 27.0. The van der Waals surface area contributed by atoms with Crippen LogP contribution in [0.5, 0.6) is 0 Å². The molecule has 5 nitrogen and oxygen atoms in total. The maximum absolute atomic E-state index is 14.2. The van der Waals surface area contributed by atoms with Crippen LogP contribution in [0.2, 0.25) is 0 Å². The molecule has 6 heteroatoms. The van der Waals surface area contributed by atoms with Crippen LogP contribution in [0.25, 0.3) is 111 Å². The number of aromatic nitrogens is 5. The van der Waals surface area contributed by atoms with Crippen molar-refractivity contribution >= 4 is 54.5 Å². The van der Waals surface area contributed by atoms with Crippen LogP contribution in [-0.4, -0.2) is 0 Å². The predicted octanol–water partition coefficient (Wildman–Crippen LogP) is 27.5. The first-order valence-electron chi connectivity index (χ1n) is 42.6. The molecule has 0 saturated heterocycles. The summed E-state index contributed by atoms with van der Waals surface area (Å²) < 4.78 is 25.8. The second-order valence-electron chi connectivity index (χ2n) is 35.6. The zero-order valence-electron chi connectivity index (χ0n) is 76.3. The summed E-state index contributed by atoms with van der Waals surface area (Å²) in [5.41, 5.74) is 44.2. The molecular weight excluding hydrogens is 1420 g/mol. The molecule has 5 heterocycles. The molecule has 0 spiro atoms. The number of nitrogens with zero attached hydrogens (tertiary/aromatic N) is 5. The topological polar surface area (TPSA) is 19.4 Å². The molecule has 0 saturated carbocycles. The van der Waals surface area contributed by atoms with Crippen LogP contribution in [0.15, 0.2) is 212 Å². The summed E-state index contributed by atoms with van der Waals surface area (Å²) in [4.78, 5) is 0. The van der Waals surface area contributed by atoms with Crippen LogP contribution in [0.1, 0.15) is 224 Å². The van der Waals surface area contributed by atoms with Gasteiger partial charge in [0, 0.05) is 116 Å². The van der Waals surface area contributed by atoms with Gasteiger partial charge in [-0.2, -0.15) is 22.8 Å². The maximum Gasteiger partial charge on any atom is 0.213 e. The molecule has 5 aromatic heterocycles. The highest BCUT2D eigenvalue weighted by Gasteiger charge is 2.26. The molecule has 0 N–H and O–H groups in total. The Morgan fingerprint density at radius 3 is 0.957 bits per heavy atom. The van der Waals surface area contributed by atoms with Gasteiger partial charge >= 0.3 is 0 Å². The minimum absolute atomic E-state index is 0.119. The molecule has 0 amide bonds. The van der Waals surface area contributed by atoms with E-state index in [4.69, 9.17) is 0 Å². The number of fused-ring (bicyclic) bond motifs is 5. The third-order valence-corrected chi connectivity index (χ3v) is 24.8. The van der Waals surface area contributed by atoms with E-state index in [9.17, 15) is 4.39 Å². The van der Waals surface area contributed by atoms with Gasteiger partial charge in [-0.15, -0.1) is 0 Å². The van der Waals surface area contributed by atoms with Gasteiger partial charge in [-0.1, -0.05) is 184 Å². The monoisotopic (exact) mass is 1550 g/mol. The molecule has 0 aliphatic carbocycles. The summed E-state index contributed by atoms with van der Waals surface area (Å²) in [5, 5.41) is 6.31. The second kappa shape index (κ2) is 36.4. The first-order chi connectivity index (χ1) is 55.3. The van der Waals surface area contributed by atoms with Crippen LogP contribution in [-0.2, 0) is 35.2 Å². The van der Waals surface area contributed by atoms with Crippen LogP contribution in [0, 0.1) is 95.8 Å². The lowest BCUT2D eigenvalue weighted by Gasteiger charge is -2.15. The number of hydrogen-bond acceptors (Lipinski definition) is 0. The highest BCUT2D eigenvalue weighted by Crippen LogP contribution is 2.37. The molecule has 15 rings (SSSR count). The molecular formula is C111H131FN5+5. The number of aryl methyl sites for hydroxylation is 15. The minimum Gasteiger partial charge on any atom is -0.207 e. The zero-order valence-corrected chi connectivity index (χ0v) is 76.3. The summed E-state index contributed by atoms with van der Waals surface area (Å²) in [6, 6.07) is 77.7. The largest absolute Gasteiger partial charge is 0.213 e. The molecule has 0 aliphatic rings. The van der Waals surface area contributed by atoms with Crippen LogP contribution in [0.3, 0.4) is 0 Å². The lowest BCUT2D eigenvalue weighted by molar-refractivity contribution is -0.633. The Hall–Kier alpha value is -10.8. The van der Waals surface area contributed by atoms with Gasteiger partial charge in [0.15, 0.2) is 0 Å². The summed E-state index contributed by atoms with van der Waals surface area (Å²) >= 11 is 0. The highest BCUT2D eigenvalue weighted by molar-refractivity contribution is 5.86. The normalized spacial score (nSPS) is 11.5. The highest BCUT2D eigenvalue weighted by atomic mass is 19.1. The van der Waals surface area contributed by atoms with Crippen molar-refractivity contribution in [1.29, 1.82) is 0 Å². The summed E-state index contributed by atoms with van der Waals surface area (Å²) in [6.45, 7) is 55.1. The van der Waals surface area contributed by atoms with Gasteiger partial charge in [0.1, 0.15) is 41.1 Å². The molecule has 602 valence electrons. The Morgan fingerprint density at radius 2 is 0.564 bits per heavy atom. The summed E-state index contributed by atoms with van der Waals surface area (Å²) in [7, 11) is 10.8. The fourth-order valence-electron chi connectivity index (χ4n) is 17.2. The van der Waals surface area contributed by atoms with Gasteiger partial charge in [0.25, 0.3) is 0 Å². The van der Waals surface area contributed by atoms with E-state index in [0.717, 1.165) is 22.2 Å². The number of hydrogen-bond donors (Lipinski definition) is 0. The Labute approximate surface area is 701 Å². The van der Waals surface area contributed by atoms with E-state index in [-0.39, 0.29) is 11.7 Å². The van der Waals surface area contributed by atoms with Crippen molar-refractivity contribution in [2.24, 2.45) is 35.2 Å². The van der Waals surface area contributed by atoms with Crippen molar-refractivity contribution < 1.29 is 27.2 Å². The van der Waals surface area contributed by atoms with E-state index in [0.29, 0.717) is 29.6 Å².